The number of epoxide rings is 1. The van der Waals surface area contributed by atoms with Crippen LogP contribution < -0.4 is 0 Å². The van der Waals surface area contributed by atoms with Crippen molar-refractivity contribution >= 4 is 5.97 Å². The summed E-state index contributed by atoms with van der Waals surface area (Å²) in [5.74, 6) is 0.413. The van der Waals surface area contributed by atoms with Gasteiger partial charge >= 0.3 is 5.97 Å². The van der Waals surface area contributed by atoms with Crippen LogP contribution in [0.25, 0.3) is 0 Å². The number of ether oxygens (including phenoxy) is 4. The Morgan fingerprint density at radius 2 is 1.89 bits per heavy atom. The van der Waals surface area contributed by atoms with Gasteiger partial charge in [0.1, 0.15) is 11.7 Å². The Bertz CT molecular complexity index is 668. The van der Waals surface area contributed by atoms with Crippen molar-refractivity contribution in [1.82, 2.24) is 4.90 Å². The van der Waals surface area contributed by atoms with E-state index < -0.39 is 0 Å². The summed E-state index contributed by atoms with van der Waals surface area (Å²) in [5.41, 5.74) is 0.163. The van der Waals surface area contributed by atoms with Crippen LogP contribution in [0, 0.1) is 23.2 Å². The molecule has 2 saturated carbocycles. The summed E-state index contributed by atoms with van der Waals surface area (Å²) in [7, 11) is 0. The first-order chi connectivity index (χ1) is 13.5. The van der Waals surface area contributed by atoms with Gasteiger partial charge in [-0.3, -0.25) is 4.79 Å². The molecule has 28 heavy (non-hydrogen) atoms. The lowest BCUT2D eigenvalue weighted by Crippen LogP contribution is -2.55. The molecular formula is C22H33NO5. The summed E-state index contributed by atoms with van der Waals surface area (Å²) < 4.78 is 24.2. The third kappa shape index (κ3) is 2.32. The van der Waals surface area contributed by atoms with Crippen LogP contribution in [0.2, 0.25) is 0 Å². The fourth-order valence-corrected chi connectivity index (χ4v) is 7.58. The van der Waals surface area contributed by atoms with Crippen molar-refractivity contribution in [1.29, 1.82) is 0 Å². The number of hydrogen-bond donors (Lipinski definition) is 0. The monoisotopic (exact) mass is 391 g/mol. The van der Waals surface area contributed by atoms with Gasteiger partial charge in [-0.1, -0.05) is 20.3 Å². The Balaban J connectivity index is 1.18. The first kappa shape index (κ1) is 18.1. The van der Waals surface area contributed by atoms with Crippen molar-refractivity contribution in [3.05, 3.63) is 0 Å². The van der Waals surface area contributed by atoms with Crippen LogP contribution in [-0.4, -0.2) is 67.3 Å². The average molecular weight is 392 g/mol. The predicted octanol–water partition coefficient (Wildman–Crippen LogP) is 2.35. The number of rotatable bonds is 2. The fraction of sp³-hybridized carbons (Fsp3) is 0.955. The second kappa shape index (κ2) is 5.93. The number of carbonyl (C=O) groups is 1. The second-order valence-electron chi connectivity index (χ2n) is 10.5. The van der Waals surface area contributed by atoms with Crippen molar-refractivity contribution in [2.24, 2.45) is 23.2 Å². The SMILES string of the molecule is C[C@H]1CCC[C@]2(C)C[C@H]3OC(=O)C(CN4CCC5(CC4)OCCO5)[C@H]3[C@@H]3O[C@@]132. The highest BCUT2D eigenvalue weighted by Gasteiger charge is 2.78. The number of likely N-dealkylation sites (tertiary alicyclic amines) is 1. The lowest BCUT2D eigenvalue weighted by atomic mass is 9.53. The molecule has 0 amide bonds. The predicted molar refractivity (Wildman–Crippen MR) is 101 cm³/mol. The molecular weight excluding hydrogens is 358 g/mol. The van der Waals surface area contributed by atoms with Crippen molar-refractivity contribution in [3.8, 4) is 0 Å². The molecule has 0 bridgehead atoms. The summed E-state index contributed by atoms with van der Waals surface area (Å²) in [5, 5.41) is 0. The second-order valence-corrected chi connectivity index (χ2v) is 10.5. The summed E-state index contributed by atoms with van der Waals surface area (Å²) in [6, 6.07) is 0. The highest BCUT2D eigenvalue weighted by molar-refractivity contribution is 5.76. The number of hydrogen-bond acceptors (Lipinski definition) is 6. The largest absolute Gasteiger partial charge is 0.462 e. The highest BCUT2D eigenvalue weighted by Crippen LogP contribution is 2.70. The van der Waals surface area contributed by atoms with Crippen LogP contribution in [0.15, 0.2) is 0 Å². The molecule has 0 aromatic heterocycles. The van der Waals surface area contributed by atoms with Crippen LogP contribution in [0.1, 0.15) is 52.4 Å². The number of carbonyl (C=O) groups excluding carboxylic acids is 1. The quantitative estimate of drug-likeness (QED) is 0.532. The third-order valence-corrected chi connectivity index (χ3v) is 9.08. The Morgan fingerprint density at radius 3 is 2.64 bits per heavy atom. The Kier molecular flexibility index (Phi) is 3.84. The van der Waals surface area contributed by atoms with E-state index in [1.807, 2.05) is 0 Å². The van der Waals surface area contributed by atoms with Gasteiger partial charge in [-0.15, -0.1) is 0 Å². The molecule has 6 rings (SSSR count). The van der Waals surface area contributed by atoms with Gasteiger partial charge in [0.05, 0.1) is 25.2 Å². The van der Waals surface area contributed by atoms with Gasteiger partial charge in [-0.05, 0) is 25.2 Å². The van der Waals surface area contributed by atoms with Gasteiger partial charge in [0, 0.05) is 43.8 Å². The molecule has 6 heteroatoms. The molecule has 1 unspecified atom stereocenters. The fourth-order valence-electron chi connectivity index (χ4n) is 7.58. The van der Waals surface area contributed by atoms with Crippen LogP contribution in [0.3, 0.4) is 0 Å². The zero-order valence-electron chi connectivity index (χ0n) is 17.2. The van der Waals surface area contributed by atoms with E-state index in [1.165, 1.54) is 19.3 Å². The van der Waals surface area contributed by atoms with Gasteiger partial charge in [-0.2, -0.15) is 0 Å². The standard InChI is InChI=1S/C22H33NO5/c1-14-4-3-5-20(2)12-16-17(18-22(14,20)28-18)15(19(24)27-16)13-23-8-6-21(7-9-23)25-10-11-26-21/h14-18H,3-13H2,1-2H3/t14-,15?,16+,17+,18-,20+,22-/m0/s1. The van der Waals surface area contributed by atoms with E-state index in [1.54, 1.807) is 0 Å². The van der Waals surface area contributed by atoms with Gasteiger partial charge in [-0.25, -0.2) is 0 Å². The average Bonchev–Trinajstić information content (AvgIpc) is 3.16. The molecule has 4 aliphatic heterocycles. The first-order valence-electron chi connectivity index (χ1n) is 11.4. The van der Waals surface area contributed by atoms with Crippen molar-refractivity contribution in [2.45, 2.75) is 76.0 Å². The van der Waals surface area contributed by atoms with E-state index in [2.05, 4.69) is 18.7 Å². The van der Waals surface area contributed by atoms with Crippen LogP contribution >= 0.6 is 0 Å². The zero-order valence-corrected chi connectivity index (χ0v) is 17.2. The zero-order chi connectivity index (χ0) is 19.1. The molecule has 0 radical (unpaired) electrons. The molecule has 6 aliphatic rings. The third-order valence-electron chi connectivity index (χ3n) is 9.08. The first-order valence-corrected chi connectivity index (χ1v) is 11.4. The molecule has 0 N–H and O–H groups in total. The minimum absolute atomic E-state index is 0.00384. The lowest BCUT2D eigenvalue weighted by Gasteiger charge is -2.49. The molecule has 6 fully saturated rings. The van der Waals surface area contributed by atoms with E-state index in [4.69, 9.17) is 18.9 Å². The molecule has 4 saturated heterocycles. The maximum absolute atomic E-state index is 12.9. The van der Waals surface area contributed by atoms with Gasteiger partial charge in [0.25, 0.3) is 0 Å². The molecule has 0 aromatic rings. The molecule has 2 spiro atoms. The maximum Gasteiger partial charge on any atom is 0.311 e. The molecule has 2 aliphatic carbocycles. The number of nitrogens with zero attached hydrogens (tertiary/aromatic N) is 1. The minimum atomic E-state index is -0.358. The molecule has 4 heterocycles. The summed E-state index contributed by atoms with van der Waals surface area (Å²) in [4.78, 5) is 15.3. The molecule has 6 nitrogen and oxygen atoms in total. The van der Waals surface area contributed by atoms with E-state index in [-0.39, 0.29) is 46.8 Å². The molecule has 156 valence electrons. The van der Waals surface area contributed by atoms with E-state index >= 15 is 0 Å². The smallest absolute Gasteiger partial charge is 0.311 e. The van der Waals surface area contributed by atoms with Crippen molar-refractivity contribution in [2.75, 3.05) is 32.8 Å². The Hall–Kier alpha value is -0.690. The van der Waals surface area contributed by atoms with Crippen molar-refractivity contribution < 1.29 is 23.7 Å². The van der Waals surface area contributed by atoms with Crippen LogP contribution in [0.5, 0.6) is 0 Å². The van der Waals surface area contributed by atoms with Crippen molar-refractivity contribution in [3.63, 3.8) is 0 Å². The molecule has 0 aromatic carbocycles. The highest BCUT2D eigenvalue weighted by atomic mass is 16.7. The number of piperidine rings is 1. The summed E-state index contributed by atoms with van der Waals surface area (Å²) in [6.07, 6.45) is 6.73. The Labute approximate surface area is 167 Å². The van der Waals surface area contributed by atoms with Crippen LogP contribution in [-0.2, 0) is 23.7 Å². The number of fused-ring (bicyclic) bond motifs is 2. The van der Waals surface area contributed by atoms with Gasteiger partial charge in [0.2, 0.25) is 0 Å². The lowest BCUT2D eigenvalue weighted by molar-refractivity contribution is -0.186. The van der Waals surface area contributed by atoms with Gasteiger partial charge in [0.15, 0.2) is 5.79 Å². The Morgan fingerprint density at radius 1 is 1.14 bits per heavy atom. The van der Waals surface area contributed by atoms with E-state index in [0.717, 1.165) is 38.9 Å². The van der Waals surface area contributed by atoms with E-state index in [0.29, 0.717) is 19.1 Å². The topological polar surface area (TPSA) is 60.5 Å². The normalized spacial score (nSPS) is 52.1. The summed E-state index contributed by atoms with van der Waals surface area (Å²) >= 11 is 0. The summed E-state index contributed by atoms with van der Waals surface area (Å²) in [6.45, 7) is 8.78. The van der Waals surface area contributed by atoms with Crippen LogP contribution in [0.4, 0.5) is 0 Å². The maximum atomic E-state index is 12.9. The number of esters is 1. The van der Waals surface area contributed by atoms with E-state index in [9.17, 15) is 4.79 Å². The molecule has 7 atom stereocenters. The van der Waals surface area contributed by atoms with Gasteiger partial charge < -0.3 is 23.8 Å². The minimum Gasteiger partial charge on any atom is -0.462 e.